The van der Waals surface area contributed by atoms with Crippen molar-refractivity contribution in [3.05, 3.63) is 33.2 Å². The molecular weight excluding hydrogens is 294 g/mol. The highest BCUT2D eigenvalue weighted by atomic mass is 32.1. The Kier molecular flexibility index (Phi) is 3.78. The van der Waals surface area contributed by atoms with E-state index in [0.717, 1.165) is 41.3 Å². The SMILES string of the molecule is Cc1csc2nc(CN3CC[C@H]4CCCC[C@@H]4C3)cc(=O)n12. The third kappa shape index (κ3) is 2.61. The second-order valence-electron chi connectivity index (χ2n) is 6.91. The zero-order valence-electron chi connectivity index (χ0n) is 13.1. The van der Waals surface area contributed by atoms with E-state index in [1.807, 2.05) is 12.3 Å². The zero-order chi connectivity index (χ0) is 15.1. The van der Waals surface area contributed by atoms with Gasteiger partial charge in [0.25, 0.3) is 5.56 Å². The van der Waals surface area contributed by atoms with Crippen LogP contribution in [0.25, 0.3) is 4.96 Å². The molecule has 2 fully saturated rings. The Bertz CT molecular complexity index is 735. The van der Waals surface area contributed by atoms with Gasteiger partial charge in [0.05, 0.1) is 5.69 Å². The molecule has 0 spiro atoms. The molecule has 1 aliphatic carbocycles. The maximum absolute atomic E-state index is 12.3. The summed E-state index contributed by atoms with van der Waals surface area (Å²) in [6, 6.07) is 1.72. The highest BCUT2D eigenvalue weighted by molar-refractivity contribution is 7.15. The number of thiazole rings is 1. The van der Waals surface area contributed by atoms with Crippen molar-refractivity contribution >= 4 is 16.3 Å². The summed E-state index contributed by atoms with van der Waals surface area (Å²) in [5.74, 6) is 1.82. The van der Waals surface area contributed by atoms with Crippen LogP contribution in [0, 0.1) is 18.8 Å². The van der Waals surface area contributed by atoms with Crippen LogP contribution in [-0.2, 0) is 6.54 Å². The lowest BCUT2D eigenvalue weighted by Gasteiger charge is -2.41. The fraction of sp³-hybridized carbons (Fsp3) is 0.647. The summed E-state index contributed by atoms with van der Waals surface area (Å²) in [7, 11) is 0. The molecule has 0 aromatic carbocycles. The summed E-state index contributed by atoms with van der Waals surface area (Å²) in [6.07, 6.45) is 6.96. The van der Waals surface area contributed by atoms with E-state index in [4.69, 9.17) is 4.98 Å². The summed E-state index contributed by atoms with van der Waals surface area (Å²) in [4.78, 5) is 20.3. The molecule has 0 bridgehead atoms. The molecule has 1 saturated carbocycles. The summed E-state index contributed by atoms with van der Waals surface area (Å²) < 4.78 is 1.71. The predicted octanol–water partition coefficient (Wildman–Crippen LogP) is 3.08. The van der Waals surface area contributed by atoms with Gasteiger partial charge >= 0.3 is 0 Å². The maximum Gasteiger partial charge on any atom is 0.259 e. The van der Waals surface area contributed by atoms with E-state index < -0.39 is 0 Å². The van der Waals surface area contributed by atoms with Gasteiger partial charge in [-0.3, -0.25) is 14.1 Å². The van der Waals surface area contributed by atoms with Gasteiger partial charge in [-0.1, -0.05) is 19.3 Å². The van der Waals surface area contributed by atoms with Crippen molar-refractivity contribution in [1.82, 2.24) is 14.3 Å². The van der Waals surface area contributed by atoms with Gasteiger partial charge in [-0.05, 0) is 38.1 Å². The quantitative estimate of drug-likeness (QED) is 0.854. The molecule has 0 radical (unpaired) electrons. The third-order valence-electron chi connectivity index (χ3n) is 5.39. The lowest BCUT2D eigenvalue weighted by Crippen LogP contribution is -2.41. The van der Waals surface area contributed by atoms with Crippen LogP contribution in [0.5, 0.6) is 0 Å². The Labute approximate surface area is 134 Å². The Morgan fingerprint density at radius 2 is 2.09 bits per heavy atom. The van der Waals surface area contributed by atoms with E-state index in [2.05, 4.69) is 4.90 Å². The van der Waals surface area contributed by atoms with Gasteiger partial charge in [-0.15, -0.1) is 11.3 Å². The summed E-state index contributed by atoms with van der Waals surface area (Å²) in [6.45, 7) is 5.13. The average Bonchev–Trinajstić information content (AvgIpc) is 2.89. The monoisotopic (exact) mass is 317 g/mol. The highest BCUT2D eigenvalue weighted by Crippen LogP contribution is 2.36. The maximum atomic E-state index is 12.3. The number of hydrogen-bond acceptors (Lipinski definition) is 4. The number of aromatic nitrogens is 2. The van der Waals surface area contributed by atoms with E-state index in [1.165, 1.54) is 38.6 Å². The minimum Gasteiger partial charge on any atom is -0.297 e. The molecule has 1 aliphatic heterocycles. The molecule has 2 aromatic rings. The number of rotatable bonds is 2. The van der Waals surface area contributed by atoms with Gasteiger partial charge < -0.3 is 0 Å². The Hall–Kier alpha value is -1.20. The van der Waals surface area contributed by atoms with Crippen LogP contribution in [0.1, 0.15) is 43.5 Å². The number of hydrogen-bond donors (Lipinski definition) is 0. The van der Waals surface area contributed by atoms with E-state index in [0.29, 0.717) is 0 Å². The van der Waals surface area contributed by atoms with E-state index in [9.17, 15) is 4.79 Å². The van der Waals surface area contributed by atoms with E-state index in [-0.39, 0.29) is 5.56 Å². The van der Waals surface area contributed by atoms with Gasteiger partial charge in [-0.25, -0.2) is 4.98 Å². The molecule has 0 N–H and O–H groups in total. The smallest absolute Gasteiger partial charge is 0.259 e. The van der Waals surface area contributed by atoms with Crippen molar-refractivity contribution in [3.8, 4) is 0 Å². The van der Waals surface area contributed by atoms with E-state index in [1.54, 1.807) is 21.8 Å². The van der Waals surface area contributed by atoms with Gasteiger partial charge in [-0.2, -0.15) is 0 Å². The van der Waals surface area contributed by atoms with E-state index >= 15 is 0 Å². The fourth-order valence-electron chi connectivity index (χ4n) is 4.23. The summed E-state index contributed by atoms with van der Waals surface area (Å²) >= 11 is 1.56. The number of nitrogens with zero attached hydrogens (tertiary/aromatic N) is 3. The van der Waals surface area contributed by atoms with Gasteiger partial charge in [0.2, 0.25) is 0 Å². The number of likely N-dealkylation sites (tertiary alicyclic amines) is 1. The van der Waals surface area contributed by atoms with Crippen molar-refractivity contribution in [1.29, 1.82) is 0 Å². The van der Waals surface area contributed by atoms with Crippen LogP contribution < -0.4 is 5.56 Å². The van der Waals surface area contributed by atoms with Crippen molar-refractivity contribution in [2.75, 3.05) is 13.1 Å². The first-order valence-electron chi connectivity index (χ1n) is 8.40. The molecule has 5 heteroatoms. The molecule has 0 amide bonds. The first-order valence-corrected chi connectivity index (χ1v) is 9.28. The van der Waals surface area contributed by atoms with Crippen molar-refractivity contribution < 1.29 is 0 Å². The normalized spacial score (nSPS) is 26.2. The highest BCUT2D eigenvalue weighted by Gasteiger charge is 2.31. The van der Waals surface area contributed by atoms with Crippen LogP contribution in [0.15, 0.2) is 16.2 Å². The van der Waals surface area contributed by atoms with Crippen molar-refractivity contribution in [2.24, 2.45) is 11.8 Å². The Morgan fingerprint density at radius 3 is 2.95 bits per heavy atom. The molecule has 2 aromatic heterocycles. The zero-order valence-corrected chi connectivity index (χ0v) is 13.9. The molecule has 118 valence electrons. The third-order valence-corrected chi connectivity index (χ3v) is 6.33. The Balaban J connectivity index is 1.52. The number of aryl methyl sites for hydroxylation is 1. The van der Waals surface area contributed by atoms with Gasteiger partial charge in [0.1, 0.15) is 0 Å². The van der Waals surface area contributed by atoms with Crippen LogP contribution in [0.4, 0.5) is 0 Å². The summed E-state index contributed by atoms with van der Waals surface area (Å²) in [5.41, 5.74) is 1.97. The second-order valence-corrected chi connectivity index (χ2v) is 7.75. The molecule has 4 nitrogen and oxygen atoms in total. The minimum atomic E-state index is 0.0614. The Morgan fingerprint density at radius 1 is 1.27 bits per heavy atom. The lowest BCUT2D eigenvalue weighted by atomic mass is 9.75. The number of fused-ring (bicyclic) bond motifs is 2. The molecule has 2 aliphatic rings. The molecule has 0 unspecified atom stereocenters. The van der Waals surface area contributed by atoms with Crippen LogP contribution in [0.3, 0.4) is 0 Å². The molecule has 22 heavy (non-hydrogen) atoms. The van der Waals surface area contributed by atoms with Gasteiger partial charge in [0, 0.05) is 30.2 Å². The minimum absolute atomic E-state index is 0.0614. The molecule has 4 rings (SSSR count). The van der Waals surface area contributed by atoms with Gasteiger partial charge in [0.15, 0.2) is 4.96 Å². The first-order chi connectivity index (χ1) is 10.7. The standard InChI is InChI=1S/C17H23N3OS/c1-12-11-22-17-18-15(8-16(21)20(12)17)10-19-7-6-13-4-2-3-5-14(13)9-19/h8,11,13-14H,2-7,9-10H2,1H3/t13-,14-/m1/s1. The topological polar surface area (TPSA) is 37.6 Å². The van der Waals surface area contributed by atoms with Crippen LogP contribution in [0.2, 0.25) is 0 Å². The molecular formula is C17H23N3OS. The molecule has 1 saturated heterocycles. The van der Waals surface area contributed by atoms with Crippen molar-refractivity contribution in [3.63, 3.8) is 0 Å². The molecule has 2 atom stereocenters. The summed E-state index contributed by atoms with van der Waals surface area (Å²) in [5, 5.41) is 2.00. The average molecular weight is 317 g/mol. The van der Waals surface area contributed by atoms with Crippen LogP contribution >= 0.6 is 11.3 Å². The van der Waals surface area contributed by atoms with Crippen LogP contribution in [-0.4, -0.2) is 27.4 Å². The lowest BCUT2D eigenvalue weighted by molar-refractivity contribution is 0.0812. The molecule has 3 heterocycles. The largest absolute Gasteiger partial charge is 0.297 e. The number of piperidine rings is 1. The predicted molar refractivity (Wildman–Crippen MR) is 89.4 cm³/mol. The second kappa shape index (κ2) is 5.78. The fourth-order valence-corrected chi connectivity index (χ4v) is 5.12. The van der Waals surface area contributed by atoms with Crippen molar-refractivity contribution in [2.45, 2.75) is 45.6 Å². The first kappa shape index (κ1) is 14.4.